The van der Waals surface area contributed by atoms with Gasteiger partial charge in [-0.15, -0.1) is 19.3 Å². The normalized spacial score (nSPS) is 25.7. The topological polar surface area (TPSA) is 420 Å². The number of halogens is 1. The Hall–Kier alpha value is -4.67. The minimum absolute atomic E-state index is 0.0435. The number of aliphatic hydroxyl groups excluding tert-OH is 2. The van der Waals surface area contributed by atoms with Crippen LogP contribution in [0, 0.1) is 50.9 Å². The second-order valence-corrected chi connectivity index (χ2v) is 19.8. The van der Waals surface area contributed by atoms with E-state index in [1.54, 1.807) is 6.92 Å². The first-order chi connectivity index (χ1) is 33.7. The Morgan fingerprint density at radius 1 is 0.736 bits per heavy atom. The highest BCUT2D eigenvalue weighted by atomic mass is 79.9. The molecule has 6 N–H and O–H groups in total. The number of H-pyrrole nitrogens is 3. The number of phosphoric ester groups is 1. The van der Waals surface area contributed by atoms with Crippen LogP contribution in [0.25, 0.3) is 0 Å². The number of rotatable bonds is 16. The van der Waals surface area contributed by atoms with E-state index in [2.05, 4.69) is 61.8 Å². The standard InChI is InChI=1S/C13H19N2O14P3.C12H14N2O5.C11H16N2O4.C3H3Br/c1-3-4-25-9-5-11(15-6-8(2)12(16)14-13(15)17)27-10(9)7-26-31(21,22)29-32(23,24)28-30(18,19)20;1-2-5-18-8-6-11(19-9(8)7-15)14-4-3-10(16)13-12(14)17;1-3-8-7(14)4-9(17-8)13-5-6(2)10(15)12-11(13)16;1-2-3-4/h1,6,9-11H,4-5,7H2,2H3,(H,21,22)(H,23,24)(H,14,16,17)(H2,18,19,20);1,3-4,8-9,11,15H,5-7H2,(H,13,16,17);5,7-9,14H,3-4H2,1-2H3,(H,12,15,16);1H,3H2/p-3/t9?,10-,11-;8?,9-,11-;7?,8-,9-;/m111./s1. The van der Waals surface area contributed by atoms with E-state index in [1.807, 2.05) is 6.92 Å². The molecule has 3 aliphatic heterocycles. The summed E-state index contributed by atoms with van der Waals surface area (Å²) in [5.74, 6) is 6.86. The van der Waals surface area contributed by atoms with Crippen molar-refractivity contribution in [1.29, 1.82) is 0 Å². The maximum absolute atomic E-state index is 12.1. The zero-order valence-corrected chi connectivity index (χ0v) is 42.4. The second kappa shape index (κ2) is 28.1. The number of aromatic amines is 3. The molecule has 3 aromatic heterocycles. The molecule has 0 spiro atoms. The minimum atomic E-state index is -6.06. The molecule has 0 amide bonds. The highest BCUT2D eigenvalue weighted by molar-refractivity contribution is 9.09. The van der Waals surface area contributed by atoms with E-state index in [4.69, 9.17) is 47.8 Å². The third-order valence-corrected chi connectivity index (χ3v) is 13.9. The van der Waals surface area contributed by atoms with Crippen LogP contribution < -0.4 is 48.4 Å². The van der Waals surface area contributed by atoms with Crippen LogP contribution in [0.15, 0.2) is 53.4 Å². The van der Waals surface area contributed by atoms with Gasteiger partial charge in [-0.2, -0.15) is 0 Å². The van der Waals surface area contributed by atoms with Crippen LogP contribution in [-0.4, -0.2) is 112 Å². The number of aryl methyl sites for hydroxylation is 2. The average molecular weight is 1140 g/mol. The smallest absolute Gasteiger partial charge is 0.330 e. The predicted molar refractivity (Wildman–Crippen MR) is 245 cm³/mol. The highest BCUT2D eigenvalue weighted by Gasteiger charge is 2.40. The summed E-state index contributed by atoms with van der Waals surface area (Å²) < 4.78 is 75.4. The summed E-state index contributed by atoms with van der Waals surface area (Å²) in [6, 6.07) is 1.23. The van der Waals surface area contributed by atoms with Gasteiger partial charge in [0.15, 0.2) is 0 Å². The van der Waals surface area contributed by atoms with Crippen LogP contribution in [0.3, 0.4) is 0 Å². The molecular formula is C39H49BrN6O23P3-3. The number of hydrogen-bond acceptors (Lipinski definition) is 22. The van der Waals surface area contributed by atoms with E-state index in [0.29, 0.717) is 30.2 Å². The Morgan fingerprint density at radius 3 is 1.64 bits per heavy atom. The summed E-state index contributed by atoms with van der Waals surface area (Å²) in [6.45, 7) is 3.70. The van der Waals surface area contributed by atoms with Gasteiger partial charge in [-0.05, 0) is 20.3 Å². The van der Waals surface area contributed by atoms with Gasteiger partial charge in [0, 0.05) is 55.0 Å². The molecule has 33 heteroatoms. The lowest BCUT2D eigenvalue weighted by molar-refractivity contribution is -0.250. The first-order valence-electron chi connectivity index (χ1n) is 20.8. The number of aromatic nitrogens is 6. The number of terminal acetylenes is 3. The molecule has 0 saturated carbocycles. The molecule has 6 unspecified atom stereocenters. The third kappa shape index (κ3) is 19.0. The lowest BCUT2D eigenvalue weighted by Gasteiger charge is -2.33. The largest absolute Gasteiger partial charge is 0.756 e. The van der Waals surface area contributed by atoms with Gasteiger partial charge < -0.3 is 58.0 Å². The van der Waals surface area contributed by atoms with Crippen LogP contribution >= 0.6 is 39.4 Å². The number of phosphoric acid groups is 3. The Morgan fingerprint density at radius 2 is 1.19 bits per heavy atom. The maximum Gasteiger partial charge on any atom is 0.330 e. The van der Waals surface area contributed by atoms with Crippen molar-refractivity contribution in [3.05, 3.63) is 98.3 Å². The van der Waals surface area contributed by atoms with Crippen molar-refractivity contribution in [2.45, 2.75) is 102 Å². The molecule has 398 valence electrons. The van der Waals surface area contributed by atoms with Crippen molar-refractivity contribution in [1.82, 2.24) is 28.7 Å². The molecule has 0 aliphatic carbocycles. The Kier molecular flexibility index (Phi) is 24.1. The monoisotopic (exact) mass is 1140 g/mol. The van der Waals surface area contributed by atoms with Crippen LogP contribution in [0.5, 0.6) is 0 Å². The summed E-state index contributed by atoms with van der Waals surface area (Å²) in [4.78, 5) is 117. The fourth-order valence-corrected chi connectivity index (χ4v) is 9.57. The van der Waals surface area contributed by atoms with Gasteiger partial charge in [-0.1, -0.05) is 40.6 Å². The molecule has 6 heterocycles. The van der Waals surface area contributed by atoms with Crippen molar-refractivity contribution in [2.75, 3.05) is 31.8 Å². The Labute approximate surface area is 416 Å². The van der Waals surface area contributed by atoms with Crippen LogP contribution in [-0.2, 0) is 50.5 Å². The number of nitrogens with one attached hydrogen (secondary N) is 3. The van der Waals surface area contributed by atoms with E-state index in [9.17, 15) is 67.4 Å². The fraction of sp³-hybridized carbons (Fsp3) is 0.538. The summed E-state index contributed by atoms with van der Waals surface area (Å²) in [6.07, 6.45) is 14.3. The van der Waals surface area contributed by atoms with Gasteiger partial charge in [0.25, 0.3) is 40.1 Å². The van der Waals surface area contributed by atoms with E-state index in [1.165, 1.54) is 40.7 Å². The molecule has 72 heavy (non-hydrogen) atoms. The van der Waals surface area contributed by atoms with Crippen molar-refractivity contribution in [2.24, 2.45) is 0 Å². The zero-order valence-electron chi connectivity index (χ0n) is 38.2. The zero-order chi connectivity index (χ0) is 54.1. The van der Waals surface area contributed by atoms with Crippen molar-refractivity contribution < 1.29 is 80.3 Å². The van der Waals surface area contributed by atoms with E-state index in [0.717, 1.165) is 4.57 Å². The van der Waals surface area contributed by atoms with Crippen LogP contribution in [0.2, 0.25) is 0 Å². The summed E-state index contributed by atoms with van der Waals surface area (Å²) in [5.41, 5.74) is -2.75. The summed E-state index contributed by atoms with van der Waals surface area (Å²) in [7, 11) is -17.7. The summed E-state index contributed by atoms with van der Waals surface area (Å²) in [5, 5.41) is 19.6. The van der Waals surface area contributed by atoms with Gasteiger partial charge >= 0.3 is 17.1 Å². The molecule has 6 rings (SSSR count). The van der Waals surface area contributed by atoms with E-state index in [-0.39, 0.29) is 44.0 Å². The average Bonchev–Trinajstić information content (AvgIpc) is 4.02. The van der Waals surface area contributed by atoms with Gasteiger partial charge in [0.2, 0.25) is 0 Å². The molecule has 3 aromatic rings. The summed E-state index contributed by atoms with van der Waals surface area (Å²) >= 11 is 3.01. The van der Waals surface area contributed by atoms with E-state index < -0.39 is 107 Å². The molecule has 0 radical (unpaired) electrons. The molecule has 12 atom stereocenters. The van der Waals surface area contributed by atoms with Crippen molar-refractivity contribution in [3.63, 3.8) is 0 Å². The van der Waals surface area contributed by atoms with E-state index >= 15 is 0 Å². The lowest BCUT2D eigenvalue weighted by Crippen LogP contribution is -2.33. The van der Waals surface area contributed by atoms with Crippen LogP contribution in [0.4, 0.5) is 0 Å². The number of hydrogen-bond donors (Lipinski definition) is 6. The number of ether oxygens (including phenoxy) is 5. The van der Waals surface area contributed by atoms with Gasteiger partial charge in [-0.3, -0.25) is 56.7 Å². The highest BCUT2D eigenvalue weighted by Crippen LogP contribution is 2.61. The predicted octanol–water partition coefficient (Wildman–Crippen LogP) is -2.65. The Balaban J connectivity index is 0.000000291. The van der Waals surface area contributed by atoms with Gasteiger partial charge in [0.05, 0.1) is 43.0 Å². The second-order valence-electron chi connectivity index (χ2n) is 15.0. The van der Waals surface area contributed by atoms with Gasteiger partial charge in [-0.25, -0.2) is 23.0 Å². The van der Waals surface area contributed by atoms with Crippen molar-refractivity contribution in [3.8, 4) is 37.0 Å². The molecule has 3 saturated heterocycles. The first kappa shape index (κ1) is 61.6. The molecule has 0 aromatic carbocycles. The third-order valence-electron chi connectivity index (χ3n) is 9.86. The lowest BCUT2D eigenvalue weighted by atomic mass is 10.1. The van der Waals surface area contributed by atoms with Crippen molar-refractivity contribution >= 4 is 39.4 Å². The number of aliphatic hydroxyl groups is 2. The maximum atomic E-state index is 12.1. The SMILES string of the molecule is C#CCBr.C#CCOC1C[C@H](n2cc(C)c(=O)[nH]c2=O)O[C@@H]1COP(=O)([O-])OP(=O)([O-])OP(=O)([O-])O.C#CCOC1C[C@H](n2ccc(=O)[nH]c2=O)O[C@@H]1CO.CC[C@H]1O[C@@H](n2cc(C)c(=O)[nH]c2=O)CC1O. The van der Waals surface area contributed by atoms with Crippen LogP contribution in [0.1, 0.15) is 62.4 Å². The molecule has 3 aliphatic rings. The quantitative estimate of drug-likeness (QED) is 0.0485. The number of nitrogens with zero attached hydrogens (tertiary/aromatic N) is 3. The minimum Gasteiger partial charge on any atom is -0.756 e. The Bertz CT molecular complexity index is 2950. The molecule has 0 bridgehead atoms. The molecule has 29 nitrogen and oxygen atoms in total. The molecule has 3 fully saturated rings. The van der Waals surface area contributed by atoms with Gasteiger partial charge in [0.1, 0.15) is 44.1 Å². The number of alkyl halides is 1. The fourth-order valence-electron chi connectivity index (χ4n) is 6.68. The molecular weight excluding hydrogens is 1090 g/mol. The first-order valence-corrected chi connectivity index (χ1v) is 26.3.